The van der Waals surface area contributed by atoms with E-state index in [9.17, 15) is 0 Å². The highest BCUT2D eigenvalue weighted by Gasteiger charge is 2.09. The van der Waals surface area contributed by atoms with Crippen molar-refractivity contribution in [2.45, 2.75) is 33.2 Å². The predicted octanol–water partition coefficient (Wildman–Crippen LogP) is 3.42. The third-order valence-electron chi connectivity index (χ3n) is 3.34. The quantitative estimate of drug-likeness (QED) is 0.696. The Morgan fingerprint density at radius 1 is 1.24 bits per heavy atom. The van der Waals surface area contributed by atoms with Crippen LogP contribution in [0.25, 0.3) is 10.9 Å². The average Bonchev–Trinajstić information content (AvgIpc) is 3.08. The Morgan fingerprint density at radius 2 is 2.14 bits per heavy atom. The van der Waals surface area contributed by atoms with Crippen LogP contribution >= 0.6 is 0 Å². The lowest BCUT2D eigenvalue weighted by molar-refractivity contribution is 0.340. The molecule has 0 radical (unpaired) electrons. The van der Waals surface area contributed by atoms with E-state index in [0.29, 0.717) is 19.0 Å². The molecule has 0 fully saturated rings. The SMILES string of the molecule is CCCc1noc(Cn2ccc3cc(OCC)ccc32)n1. The Kier molecular flexibility index (Phi) is 3.90. The Bertz CT molecular complexity index is 730. The topological polar surface area (TPSA) is 53.1 Å². The van der Waals surface area contributed by atoms with Gasteiger partial charge in [0.05, 0.1) is 6.61 Å². The Balaban J connectivity index is 1.83. The fourth-order valence-corrected chi connectivity index (χ4v) is 2.40. The van der Waals surface area contributed by atoms with E-state index in [1.807, 2.05) is 25.3 Å². The van der Waals surface area contributed by atoms with Crippen LogP contribution in [0.3, 0.4) is 0 Å². The first-order chi connectivity index (χ1) is 10.3. The van der Waals surface area contributed by atoms with Crippen LogP contribution in [0.2, 0.25) is 0 Å². The largest absolute Gasteiger partial charge is 0.494 e. The molecule has 2 heterocycles. The summed E-state index contributed by atoms with van der Waals surface area (Å²) in [5.41, 5.74) is 1.13. The van der Waals surface area contributed by atoms with Gasteiger partial charge in [-0.2, -0.15) is 4.98 Å². The second-order valence-electron chi connectivity index (χ2n) is 4.95. The van der Waals surface area contributed by atoms with Gasteiger partial charge >= 0.3 is 0 Å². The molecule has 0 unspecified atom stereocenters. The molecule has 5 heteroatoms. The van der Waals surface area contributed by atoms with Crippen molar-refractivity contribution in [3.63, 3.8) is 0 Å². The third-order valence-corrected chi connectivity index (χ3v) is 3.34. The van der Waals surface area contributed by atoms with Crippen molar-refractivity contribution < 1.29 is 9.26 Å². The van der Waals surface area contributed by atoms with Gasteiger partial charge in [0.1, 0.15) is 12.3 Å². The maximum Gasteiger partial charge on any atom is 0.246 e. The van der Waals surface area contributed by atoms with Crippen molar-refractivity contribution in [2.24, 2.45) is 0 Å². The molecule has 3 aromatic rings. The van der Waals surface area contributed by atoms with E-state index in [1.165, 1.54) is 0 Å². The lowest BCUT2D eigenvalue weighted by Crippen LogP contribution is -1.98. The first-order valence-electron chi connectivity index (χ1n) is 7.33. The molecule has 0 saturated heterocycles. The molecule has 21 heavy (non-hydrogen) atoms. The van der Waals surface area contributed by atoms with Gasteiger partial charge in [0.15, 0.2) is 5.82 Å². The molecule has 110 valence electrons. The lowest BCUT2D eigenvalue weighted by atomic mass is 10.2. The highest BCUT2D eigenvalue weighted by Crippen LogP contribution is 2.22. The minimum absolute atomic E-state index is 0.591. The molecular formula is C16H19N3O2. The highest BCUT2D eigenvalue weighted by atomic mass is 16.5. The Hall–Kier alpha value is -2.30. The minimum atomic E-state index is 0.591. The molecule has 1 aromatic carbocycles. The molecule has 0 amide bonds. The zero-order valence-corrected chi connectivity index (χ0v) is 12.4. The number of fused-ring (bicyclic) bond motifs is 1. The molecule has 0 aliphatic carbocycles. The van der Waals surface area contributed by atoms with E-state index in [-0.39, 0.29) is 0 Å². The van der Waals surface area contributed by atoms with Crippen LogP contribution in [-0.4, -0.2) is 21.3 Å². The number of aromatic nitrogens is 3. The normalized spacial score (nSPS) is 11.1. The summed E-state index contributed by atoms with van der Waals surface area (Å²) in [4.78, 5) is 4.41. The number of aryl methyl sites for hydroxylation is 1. The number of rotatable bonds is 6. The van der Waals surface area contributed by atoms with E-state index in [1.54, 1.807) is 0 Å². The number of benzene rings is 1. The molecular weight excluding hydrogens is 266 g/mol. The predicted molar refractivity (Wildman–Crippen MR) is 80.5 cm³/mol. The summed E-state index contributed by atoms with van der Waals surface area (Å²) in [7, 11) is 0. The Labute approximate surface area is 123 Å². The van der Waals surface area contributed by atoms with E-state index >= 15 is 0 Å². The second kappa shape index (κ2) is 5.99. The van der Waals surface area contributed by atoms with Gasteiger partial charge in [-0.25, -0.2) is 0 Å². The molecule has 0 atom stereocenters. The smallest absolute Gasteiger partial charge is 0.246 e. The summed E-state index contributed by atoms with van der Waals surface area (Å²) in [6.45, 7) is 5.35. The van der Waals surface area contributed by atoms with Gasteiger partial charge in [0, 0.05) is 23.5 Å². The summed E-state index contributed by atoms with van der Waals surface area (Å²) in [6.07, 6.45) is 3.91. The van der Waals surface area contributed by atoms with Crippen LogP contribution in [0.15, 0.2) is 35.0 Å². The van der Waals surface area contributed by atoms with Crippen LogP contribution in [0.5, 0.6) is 5.75 Å². The molecule has 0 bridgehead atoms. The monoisotopic (exact) mass is 285 g/mol. The Morgan fingerprint density at radius 3 is 2.95 bits per heavy atom. The van der Waals surface area contributed by atoms with Crippen LogP contribution in [0, 0.1) is 0 Å². The van der Waals surface area contributed by atoms with Gasteiger partial charge in [0.2, 0.25) is 5.89 Å². The van der Waals surface area contributed by atoms with Gasteiger partial charge in [-0.15, -0.1) is 0 Å². The van der Waals surface area contributed by atoms with E-state index in [2.05, 4.69) is 33.8 Å². The lowest BCUT2D eigenvalue weighted by Gasteiger charge is -2.04. The number of hydrogen-bond acceptors (Lipinski definition) is 4. The second-order valence-corrected chi connectivity index (χ2v) is 4.95. The van der Waals surface area contributed by atoms with Crippen molar-refractivity contribution in [1.82, 2.24) is 14.7 Å². The zero-order valence-electron chi connectivity index (χ0n) is 12.4. The molecule has 3 rings (SSSR count). The molecule has 0 N–H and O–H groups in total. The van der Waals surface area contributed by atoms with Crippen LogP contribution in [0.1, 0.15) is 32.0 Å². The number of nitrogens with zero attached hydrogens (tertiary/aromatic N) is 3. The fourth-order valence-electron chi connectivity index (χ4n) is 2.40. The first-order valence-corrected chi connectivity index (χ1v) is 7.33. The summed E-state index contributed by atoms with van der Waals surface area (Å²) < 4.78 is 12.9. The van der Waals surface area contributed by atoms with E-state index in [4.69, 9.17) is 9.26 Å². The average molecular weight is 285 g/mol. The molecule has 2 aromatic heterocycles. The highest BCUT2D eigenvalue weighted by molar-refractivity contribution is 5.81. The summed E-state index contributed by atoms with van der Waals surface area (Å²) >= 11 is 0. The van der Waals surface area contributed by atoms with Crippen molar-refractivity contribution in [3.8, 4) is 5.75 Å². The van der Waals surface area contributed by atoms with Gasteiger partial charge in [-0.1, -0.05) is 12.1 Å². The van der Waals surface area contributed by atoms with Gasteiger partial charge in [0.25, 0.3) is 0 Å². The molecule has 0 spiro atoms. The molecule has 0 aliphatic heterocycles. The van der Waals surface area contributed by atoms with Crippen molar-refractivity contribution in [3.05, 3.63) is 42.2 Å². The van der Waals surface area contributed by atoms with E-state index < -0.39 is 0 Å². The summed E-state index contributed by atoms with van der Waals surface area (Å²) in [5, 5.41) is 5.13. The fraction of sp³-hybridized carbons (Fsp3) is 0.375. The zero-order chi connectivity index (χ0) is 14.7. The van der Waals surface area contributed by atoms with Gasteiger partial charge in [-0.05, 0) is 37.6 Å². The van der Waals surface area contributed by atoms with Gasteiger partial charge in [-0.3, -0.25) is 0 Å². The van der Waals surface area contributed by atoms with Crippen molar-refractivity contribution in [2.75, 3.05) is 6.61 Å². The molecule has 0 aliphatic rings. The van der Waals surface area contributed by atoms with Crippen molar-refractivity contribution in [1.29, 1.82) is 0 Å². The summed E-state index contributed by atoms with van der Waals surface area (Å²) in [5.74, 6) is 2.32. The van der Waals surface area contributed by atoms with Crippen molar-refractivity contribution >= 4 is 10.9 Å². The number of ether oxygens (including phenoxy) is 1. The first kappa shape index (κ1) is 13.7. The van der Waals surface area contributed by atoms with E-state index in [0.717, 1.165) is 35.3 Å². The van der Waals surface area contributed by atoms with Gasteiger partial charge < -0.3 is 13.8 Å². The third kappa shape index (κ3) is 2.91. The maximum atomic E-state index is 5.52. The van der Waals surface area contributed by atoms with Crippen LogP contribution in [0.4, 0.5) is 0 Å². The van der Waals surface area contributed by atoms with Crippen LogP contribution in [-0.2, 0) is 13.0 Å². The summed E-state index contributed by atoms with van der Waals surface area (Å²) in [6, 6.07) is 8.16. The van der Waals surface area contributed by atoms with Crippen LogP contribution < -0.4 is 4.74 Å². The standard InChI is InChI=1S/C16H19N3O2/c1-3-5-15-17-16(21-18-15)11-19-9-8-12-10-13(20-4-2)6-7-14(12)19/h6-10H,3-5,11H2,1-2H3. The minimum Gasteiger partial charge on any atom is -0.494 e. The molecule has 0 saturated carbocycles. The number of hydrogen-bond donors (Lipinski definition) is 0. The maximum absolute atomic E-state index is 5.52. The molecule has 5 nitrogen and oxygen atoms in total.